The number of nitrogens with zero attached hydrogens (tertiary/aromatic N) is 2. The fourth-order valence-electron chi connectivity index (χ4n) is 2.41. The third-order valence-electron chi connectivity index (χ3n) is 3.57. The maximum atomic E-state index is 11.4. The summed E-state index contributed by atoms with van der Waals surface area (Å²) in [6, 6.07) is 4.46. The Kier molecular flexibility index (Phi) is 3.28. The monoisotopic (exact) mass is 310 g/mol. The molecule has 0 aliphatic carbocycles. The molecular formula is C12H14N4O4S. The Morgan fingerprint density at radius 3 is 2.71 bits per heavy atom. The van der Waals surface area contributed by atoms with Crippen LogP contribution in [-0.4, -0.2) is 40.9 Å². The third-order valence-corrected chi connectivity index (χ3v) is 5.29. The maximum Gasteiger partial charge on any atom is 0.271 e. The summed E-state index contributed by atoms with van der Waals surface area (Å²) in [6.07, 6.45) is 1.08. The van der Waals surface area contributed by atoms with Crippen LogP contribution in [0.3, 0.4) is 0 Å². The molecule has 0 spiro atoms. The zero-order chi connectivity index (χ0) is 15.0. The van der Waals surface area contributed by atoms with Gasteiger partial charge in [-0.25, -0.2) is 13.4 Å². The highest BCUT2D eigenvalue weighted by molar-refractivity contribution is 7.91. The average Bonchev–Trinajstić information content (AvgIpc) is 2.82. The summed E-state index contributed by atoms with van der Waals surface area (Å²) in [6.45, 7) is 0. The van der Waals surface area contributed by atoms with Crippen molar-refractivity contribution in [2.75, 3.05) is 16.8 Å². The lowest BCUT2D eigenvalue weighted by Crippen LogP contribution is -2.32. The number of aromatic amines is 1. The minimum atomic E-state index is -2.89. The van der Waals surface area contributed by atoms with E-state index >= 15 is 0 Å². The van der Waals surface area contributed by atoms with Crippen molar-refractivity contribution >= 4 is 32.5 Å². The van der Waals surface area contributed by atoms with Gasteiger partial charge >= 0.3 is 0 Å². The Bertz CT molecular complexity index is 785. The quantitative estimate of drug-likeness (QED) is 0.654. The molecule has 1 fully saturated rings. The molecule has 0 atom stereocenters. The van der Waals surface area contributed by atoms with E-state index < -0.39 is 14.8 Å². The number of imidazole rings is 1. The number of benzene rings is 1. The number of anilines is 1. The molecule has 21 heavy (non-hydrogen) atoms. The number of nitro benzene ring substituents is 1. The van der Waals surface area contributed by atoms with Crippen LogP contribution in [0.25, 0.3) is 11.0 Å². The second-order valence-electron chi connectivity index (χ2n) is 5.11. The van der Waals surface area contributed by atoms with Crippen LogP contribution in [-0.2, 0) is 9.84 Å². The minimum Gasteiger partial charge on any atom is -0.353 e. The summed E-state index contributed by atoms with van der Waals surface area (Å²) >= 11 is 0. The second-order valence-corrected chi connectivity index (χ2v) is 7.42. The van der Waals surface area contributed by atoms with Crippen LogP contribution in [0, 0.1) is 10.1 Å². The van der Waals surface area contributed by atoms with Crippen molar-refractivity contribution in [1.29, 1.82) is 0 Å². The molecule has 1 aromatic heterocycles. The Labute approximate surface area is 120 Å². The van der Waals surface area contributed by atoms with Crippen molar-refractivity contribution in [1.82, 2.24) is 9.97 Å². The lowest BCUT2D eigenvalue weighted by atomic mass is 10.2. The van der Waals surface area contributed by atoms with Gasteiger partial charge in [-0.05, 0) is 18.9 Å². The molecule has 3 rings (SSSR count). The van der Waals surface area contributed by atoms with E-state index in [2.05, 4.69) is 15.3 Å². The zero-order valence-electron chi connectivity index (χ0n) is 11.1. The van der Waals surface area contributed by atoms with Crippen LogP contribution in [0.2, 0.25) is 0 Å². The first-order valence-corrected chi connectivity index (χ1v) is 8.36. The van der Waals surface area contributed by atoms with Crippen molar-refractivity contribution in [2.24, 2.45) is 0 Å². The fourth-order valence-corrected chi connectivity index (χ4v) is 3.90. The molecule has 2 aromatic rings. The largest absolute Gasteiger partial charge is 0.353 e. The van der Waals surface area contributed by atoms with E-state index in [1.807, 2.05) is 0 Å². The molecule has 0 bridgehead atoms. The number of non-ortho nitro benzene ring substituents is 1. The number of nitro groups is 1. The number of hydrogen-bond acceptors (Lipinski definition) is 6. The average molecular weight is 310 g/mol. The topological polar surface area (TPSA) is 118 Å². The van der Waals surface area contributed by atoms with E-state index in [9.17, 15) is 18.5 Å². The van der Waals surface area contributed by atoms with Crippen LogP contribution in [0.5, 0.6) is 0 Å². The highest BCUT2D eigenvalue weighted by atomic mass is 32.2. The summed E-state index contributed by atoms with van der Waals surface area (Å²) in [4.78, 5) is 17.6. The number of nitrogens with one attached hydrogen (secondary N) is 2. The first kappa shape index (κ1) is 13.8. The molecule has 0 radical (unpaired) electrons. The molecule has 9 heteroatoms. The van der Waals surface area contributed by atoms with Gasteiger partial charge in [0, 0.05) is 18.2 Å². The van der Waals surface area contributed by atoms with Crippen LogP contribution in [0.1, 0.15) is 12.8 Å². The number of aromatic nitrogens is 2. The van der Waals surface area contributed by atoms with Gasteiger partial charge in [0.2, 0.25) is 5.95 Å². The van der Waals surface area contributed by atoms with Crippen molar-refractivity contribution in [2.45, 2.75) is 18.9 Å². The summed E-state index contributed by atoms with van der Waals surface area (Å²) in [5, 5.41) is 13.9. The lowest BCUT2D eigenvalue weighted by molar-refractivity contribution is -0.384. The molecule has 112 valence electrons. The van der Waals surface area contributed by atoms with Gasteiger partial charge in [-0.1, -0.05) is 0 Å². The predicted molar refractivity (Wildman–Crippen MR) is 78.0 cm³/mol. The minimum absolute atomic E-state index is 0.00135. The molecule has 1 saturated heterocycles. The molecule has 1 aliphatic heterocycles. The van der Waals surface area contributed by atoms with Gasteiger partial charge in [-0.3, -0.25) is 10.1 Å². The number of rotatable bonds is 3. The SMILES string of the molecule is O=[N+]([O-])c1ccc2nc(NC3CCS(=O)(=O)CC3)[nH]c2c1. The van der Waals surface area contributed by atoms with E-state index in [1.165, 1.54) is 12.1 Å². The van der Waals surface area contributed by atoms with Crippen molar-refractivity contribution in [3.8, 4) is 0 Å². The highest BCUT2D eigenvalue weighted by Crippen LogP contribution is 2.22. The number of hydrogen-bond donors (Lipinski definition) is 2. The molecular weight excluding hydrogens is 296 g/mol. The van der Waals surface area contributed by atoms with E-state index in [1.54, 1.807) is 6.07 Å². The smallest absolute Gasteiger partial charge is 0.271 e. The Hall–Kier alpha value is -2.16. The van der Waals surface area contributed by atoms with Crippen molar-refractivity contribution < 1.29 is 13.3 Å². The maximum absolute atomic E-state index is 11.4. The summed E-state index contributed by atoms with van der Waals surface area (Å²) in [7, 11) is -2.89. The zero-order valence-corrected chi connectivity index (χ0v) is 11.9. The van der Waals surface area contributed by atoms with Gasteiger partial charge in [0.15, 0.2) is 0 Å². The first-order chi connectivity index (χ1) is 9.93. The van der Waals surface area contributed by atoms with E-state index in [4.69, 9.17) is 0 Å². The van der Waals surface area contributed by atoms with Gasteiger partial charge in [0.05, 0.1) is 27.5 Å². The van der Waals surface area contributed by atoms with Gasteiger partial charge in [0.25, 0.3) is 5.69 Å². The van der Waals surface area contributed by atoms with E-state index in [-0.39, 0.29) is 23.2 Å². The van der Waals surface area contributed by atoms with Gasteiger partial charge in [-0.2, -0.15) is 0 Å². The first-order valence-electron chi connectivity index (χ1n) is 6.54. The number of fused-ring (bicyclic) bond motifs is 1. The molecule has 2 N–H and O–H groups in total. The number of H-pyrrole nitrogens is 1. The van der Waals surface area contributed by atoms with Gasteiger partial charge in [0.1, 0.15) is 9.84 Å². The van der Waals surface area contributed by atoms with Crippen LogP contribution >= 0.6 is 0 Å². The molecule has 1 aromatic carbocycles. The van der Waals surface area contributed by atoms with Crippen LogP contribution in [0.4, 0.5) is 11.6 Å². The van der Waals surface area contributed by atoms with Crippen LogP contribution < -0.4 is 5.32 Å². The molecule has 0 saturated carbocycles. The Morgan fingerprint density at radius 1 is 1.33 bits per heavy atom. The Balaban J connectivity index is 1.77. The van der Waals surface area contributed by atoms with Gasteiger partial charge in [-0.15, -0.1) is 0 Å². The Morgan fingerprint density at radius 2 is 2.05 bits per heavy atom. The third kappa shape index (κ3) is 2.97. The van der Waals surface area contributed by atoms with Crippen molar-refractivity contribution in [3.63, 3.8) is 0 Å². The molecule has 8 nitrogen and oxygen atoms in total. The van der Waals surface area contributed by atoms with Crippen LogP contribution in [0.15, 0.2) is 18.2 Å². The molecule has 0 amide bonds. The fraction of sp³-hybridized carbons (Fsp3) is 0.417. The van der Waals surface area contributed by atoms with Gasteiger partial charge < -0.3 is 10.3 Å². The predicted octanol–water partition coefficient (Wildman–Crippen LogP) is 1.46. The standard InChI is InChI=1S/C12H14N4O4S/c17-16(18)9-1-2-10-11(7-9)15-12(14-10)13-8-3-5-21(19,20)6-4-8/h1-2,7-8H,3-6H2,(H2,13,14,15). The summed E-state index contributed by atoms with van der Waals surface area (Å²) in [5.41, 5.74) is 1.21. The van der Waals surface area contributed by atoms with Crippen molar-refractivity contribution in [3.05, 3.63) is 28.3 Å². The second kappa shape index (κ2) is 4.99. The molecule has 2 heterocycles. The normalized spacial score (nSPS) is 18.7. The molecule has 1 aliphatic rings. The summed E-state index contributed by atoms with van der Waals surface area (Å²) in [5.74, 6) is 0.863. The molecule has 0 unspecified atom stereocenters. The van der Waals surface area contributed by atoms with E-state index in [0.29, 0.717) is 29.8 Å². The van der Waals surface area contributed by atoms with E-state index in [0.717, 1.165) is 0 Å². The lowest BCUT2D eigenvalue weighted by Gasteiger charge is -2.22. The number of sulfone groups is 1. The summed E-state index contributed by atoms with van der Waals surface area (Å²) < 4.78 is 22.8. The highest BCUT2D eigenvalue weighted by Gasteiger charge is 2.24.